The molecular formula is C15H15ClN4S. The van der Waals surface area contributed by atoms with Crippen LogP contribution in [-0.4, -0.2) is 25.6 Å². The van der Waals surface area contributed by atoms with Crippen LogP contribution in [0.2, 0.25) is 5.15 Å². The highest BCUT2D eigenvalue weighted by Gasteiger charge is 2.12. The van der Waals surface area contributed by atoms with E-state index < -0.39 is 0 Å². The van der Waals surface area contributed by atoms with Gasteiger partial charge in [-0.25, -0.2) is 0 Å². The normalized spacial score (nSPS) is 11.2. The monoisotopic (exact) mass is 318 g/mol. The van der Waals surface area contributed by atoms with Gasteiger partial charge in [-0.3, -0.25) is 0 Å². The van der Waals surface area contributed by atoms with Gasteiger partial charge in [-0.2, -0.15) is 9.61 Å². The molecule has 2 aromatic heterocycles. The molecule has 0 fully saturated rings. The van der Waals surface area contributed by atoms with Crippen LogP contribution in [0.1, 0.15) is 18.9 Å². The molecular weight excluding hydrogens is 304 g/mol. The van der Waals surface area contributed by atoms with E-state index in [9.17, 15) is 0 Å². The standard InChI is InChI=1S/C15H15ClN4S/c1-3-8-21-15-18-17-13-9-12(14(16)19-20(13)15)11-6-4-10(2)5-7-11/h4-7,9H,3,8H2,1-2H3. The molecule has 0 aliphatic rings. The lowest BCUT2D eigenvalue weighted by atomic mass is 10.1. The third-order valence-electron chi connectivity index (χ3n) is 3.12. The predicted octanol–water partition coefficient (Wildman–Crippen LogP) is 4.26. The first-order valence-electron chi connectivity index (χ1n) is 6.81. The van der Waals surface area contributed by atoms with E-state index in [1.54, 1.807) is 16.3 Å². The van der Waals surface area contributed by atoms with Gasteiger partial charge in [0.05, 0.1) is 0 Å². The van der Waals surface area contributed by atoms with Crippen molar-refractivity contribution in [1.29, 1.82) is 0 Å². The maximum absolute atomic E-state index is 6.34. The number of hydrogen-bond acceptors (Lipinski definition) is 4. The summed E-state index contributed by atoms with van der Waals surface area (Å²) in [7, 11) is 0. The fraction of sp³-hybridized carbons (Fsp3) is 0.267. The average molecular weight is 319 g/mol. The Kier molecular flexibility index (Phi) is 4.12. The number of hydrogen-bond donors (Lipinski definition) is 0. The average Bonchev–Trinajstić information content (AvgIpc) is 2.87. The molecule has 6 heteroatoms. The zero-order valence-electron chi connectivity index (χ0n) is 11.9. The number of aromatic nitrogens is 4. The van der Waals surface area contributed by atoms with Crippen molar-refractivity contribution < 1.29 is 0 Å². The highest BCUT2D eigenvalue weighted by molar-refractivity contribution is 7.99. The fourth-order valence-electron chi connectivity index (χ4n) is 2.01. The molecule has 0 saturated carbocycles. The summed E-state index contributed by atoms with van der Waals surface area (Å²) in [6.07, 6.45) is 1.08. The number of benzene rings is 1. The Morgan fingerprint density at radius 1 is 1.19 bits per heavy atom. The lowest BCUT2D eigenvalue weighted by Gasteiger charge is -2.05. The molecule has 108 valence electrons. The van der Waals surface area contributed by atoms with E-state index in [0.29, 0.717) is 10.8 Å². The van der Waals surface area contributed by atoms with Crippen molar-refractivity contribution in [2.75, 3.05) is 5.75 Å². The van der Waals surface area contributed by atoms with Gasteiger partial charge in [0.1, 0.15) is 0 Å². The molecule has 4 nitrogen and oxygen atoms in total. The van der Waals surface area contributed by atoms with Crippen molar-refractivity contribution >= 4 is 29.0 Å². The quantitative estimate of drug-likeness (QED) is 0.674. The van der Waals surface area contributed by atoms with Crippen molar-refractivity contribution in [3.8, 4) is 11.1 Å². The summed E-state index contributed by atoms with van der Waals surface area (Å²) in [5, 5.41) is 14.0. The number of rotatable bonds is 4. The Balaban J connectivity index is 2.05. The van der Waals surface area contributed by atoms with Crippen LogP contribution in [0.15, 0.2) is 35.5 Å². The number of thioether (sulfide) groups is 1. The Hall–Kier alpha value is -1.59. The van der Waals surface area contributed by atoms with Crippen LogP contribution in [0.3, 0.4) is 0 Å². The molecule has 3 aromatic rings. The highest BCUT2D eigenvalue weighted by atomic mass is 35.5. The van der Waals surface area contributed by atoms with E-state index in [2.05, 4.69) is 41.3 Å². The largest absolute Gasteiger partial charge is 0.212 e. The predicted molar refractivity (Wildman–Crippen MR) is 87.0 cm³/mol. The fourth-order valence-corrected chi connectivity index (χ4v) is 2.99. The molecule has 0 aliphatic heterocycles. The van der Waals surface area contributed by atoms with Crippen molar-refractivity contribution in [3.63, 3.8) is 0 Å². The maximum atomic E-state index is 6.34. The van der Waals surface area contributed by atoms with E-state index >= 15 is 0 Å². The Morgan fingerprint density at radius 2 is 1.95 bits per heavy atom. The van der Waals surface area contributed by atoms with Crippen molar-refractivity contribution in [3.05, 3.63) is 41.0 Å². The lowest BCUT2D eigenvalue weighted by molar-refractivity contribution is 0.809. The molecule has 0 amide bonds. The molecule has 21 heavy (non-hydrogen) atoms. The SMILES string of the molecule is CCCSc1nnc2cc(-c3ccc(C)cc3)c(Cl)nn12. The van der Waals surface area contributed by atoms with Gasteiger partial charge in [0, 0.05) is 11.3 Å². The van der Waals surface area contributed by atoms with Crippen LogP contribution >= 0.6 is 23.4 Å². The second-order valence-electron chi connectivity index (χ2n) is 4.82. The summed E-state index contributed by atoms with van der Waals surface area (Å²) in [5.74, 6) is 0.986. The number of fused-ring (bicyclic) bond motifs is 1. The van der Waals surface area contributed by atoms with E-state index in [1.165, 1.54) is 5.56 Å². The zero-order chi connectivity index (χ0) is 14.8. The first kappa shape index (κ1) is 14.4. The van der Waals surface area contributed by atoms with Gasteiger partial charge in [0.2, 0.25) is 5.16 Å². The Morgan fingerprint density at radius 3 is 2.67 bits per heavy atom. The summed E-state index contributed by atoms with van der Waals surface area (Å²) >= 11 is 7.98. The van der Waals surface area contributed by atoms with Crippen LogP contribution in [0.5, 0.6) is 0 Å². The molecule has 0 radical (unpaired) electrons. The van der Waals surface area contributed by atoms with E-state index in [1.807, 2.05) is 18.2 Å². The molecule has 2 heterocycles. The Labute approximate surface area is 132 Å². The van der Waals surface area contributed by atoms with E-state index in [-0.39, 0.29) is 0 Å². The smallest absolute Gasteiger partial charge is 0.186 e. The summed E-state index contributed by atoms with van der Waals surface area (Å²) < 4.78 is 1.71. The second-order valence-corrected chi connectivity index (χ2v) is 6.24. The molecule has 0 unspecified atom stereocenters. The summed E-state index contributed by atoms with van der Waals surface area (Å²) in [4.78, 5) is 0. The van der Waals surface area contributed by atoms with Crippen LogP contribution in [0.25, 0.3) is 16.8 Å². The topological polar surface area (TPSA) is 43.1 Å². The van der Waals surface area contributed by atoms with Gasteiger partial charge in [0.15, 0.2) is 10.8 Å². The second kappa shape index (κ2) is 6.03. The van der Waals surface area contributed by atoms with Crippen molar-refractivity contribution in [2.24, 2.45) is 0 Å². The summed E-state index contributed by atoms with van der Waals surface area (Å²) in [6, 6.07) is 10.1. The minimum Gasteiger partial charge on any atom is -0.186 e. The van der Waals surface area contributed by atoms with Gasteiger partial charge in [-0.15, -0.1) is 10.2 Å². The number of nitrogens with zero attached hydrogens (tertiary/aromatic N) is 4. The van der Waals surface area contributed by atoms with E-state index in [4.69, 9.17) is 11.6 Å². The van der Waals surface area contributed by atoms with Gasteiger partial charge < -0.3 is 0 Å². The van der Waals surface area contributed by atoms with Gasteiger partial charge in [-0.05, 0) is 25.0 Å². The molecule has 3 rings (SSSR count). The first-order chi connectivity index (χ1) is 10.2. The van der Waals surface area contributed by atoms with Crippen LogP contribution < -0.4 is 0 Å². The molecule has 1 aromatic carbocycles. The van der Waals surface area contributed by atoms with Crippen LogP contribution in [-0.2, 0) is 0 Å². The minimum absolute atomic E-state index is 0.463. The summed E-state index contributed by atoms with van der Waals surface area (Å²) in [5.41, 5.74) is 3.84. The molecule has 0 N–H and O–H groups in total. The van der Waals surface area contributed by atoms with Crippen molar-refractivity contribution in [2.45, 2.75) is 25.4 Å². The third kappa shape index (κ3) is 2.89. The molecule has 0 atom stereocenters. The van der Waals surface area contributed by atoms with Gasteiger partial charge in [0.25, 0.3) is 0 Å². The third-order valence-corrected chi connectivity index (χ3v) is 4.52. The van der Waals surface area contributed by atoms with Crippen LogP contribution in [0, 0.1) is 6.92 Å². The Bertz CT molecular complexity index is 767. The van der Waals surface area contributed by atoms with Crippen LogP contribution in [0.4, 0.5) is 0 Å². The molecule has 0 aliphatic carbocycles. The van der Waals surface area contributed by atoms with Gasteiger partial charge >= 0.3 is 0 Å². The molecule has 0 bridgehead atoms. The molecule has 0 spiro atoms. The van der Waals surface area contributed by atoms with E-state index in [0.717, 1.165) is 28.5 Å². The number of halogens is 1. The lowest BCUT2D eigenvalue weighted by Crippen LogP contribution is -1.96. The van der Waals surface area contributed by atoms with Gasteiger partial charge in [-0.1, -0.05) is 60.1 Å². The zero-order valence-corrected chi connectivity index (χ0v) is 13.4. The maximum Gasteiger partial charge on any atom is 0.212 e. The summed E-state index contributed by atoms with van der Waals surface area (Å²) in [6.45, 7) is 4.19. The number of aryl methyl sites for hydroxylation is 1. The minimum atomic E-state index is 0.463. The highest BCUT2D eigenvalue weighted by Crippen LogP contribution is 2.28. The first-order valence-corrected chi connectivity index (χ1v) is 8.17. The van der Waals surface area contributed by atoms with Crippen molar-refractivity contribution in [1.82, 2.24) is 19.8 Å². The molecule has 0 saturated heterocycles.